The second kappa shape index (κ2) is 4.65. The van der Waals surface area contributed by atoms with E-state index in [9.17, 15) is 4.79 Å². The summed E-state index contributed by atoms with van der Waals surface area (Å²) in [6.07, 6.45) is 3.13. The zero-order valence-electron chi connectivity index (χ0n) is 8.64. The topological polar surface area (TPSA) is 66.3 Å². The molecule has 0 aromatic carbocycles. The van der Waals surface area contributed by atoms with Crippen molar-refractivity contribution in [1.29, 1.82) is 0 Å². The Balaban J connectivity index is 2.12. The lowest BCUT2D eigenvalue weighted by Crippen LogP contribution is -2.39. The maximum Gasteiger partial charge on any atom is 0.308 e. The quantitative estimate of drug-likeness (QED) is 0.794. The molecule has 0 unspecified atom stereocenters. The lowest BCUT2D eigenvalue weighted by molar-refractivity contribution is -0.141. The fraction of sp³-hybridized carbons (Fsp3) is 0.500. The van der Waals surface area contributed by atoms with Crippen LogP contribution in [0.25, 0.3) is 0 Å². The summed E-state index contributed by atoms with van der Waals surface area (Å²) < 4.78 is 0. The van der Waals surface area contributed by atoms with E-state index in [4.69, 9.17) is 16.7 Å². The number of carbonyl (C=O) groups is 1. The summed E-state index contributed by atoms with van der Waals surface area (Å²) in [6, 6.07) is 1.60. The second-order valence-corrected chi connectivity index (χ2v) is 4.19. The van der Waals surface area contributed by atoms with Gasteiger partial charge in [-0.15, -0.1) is 0 Å². The molecule has 0 amide bonds. The van der Waals surface area contributed by atoms with Crippen LogP contribution in [-0.4, -0.2) is 34.1 Å². The molecule has 1 N–H and O–H groups in total. The van der Waals surface area contributed by atoms with Gasteiger partial charge in [0.1, 0.15) is 5.15 Å². The number of halogens is 1. The minimum Gasteiger partial charge on any atom is -0.481 e. The van der Waals surface area contributed by atoms with Crippen molar-refractivity contribution in [2.45, 2.75) is 12.8 Å². The van der Waals surface area contributed by atoms with Gasteiger partial charge in [-0.05, 0) is 18.9 Å². The molecule has 86 valence electrons. The van der Waals surface area contributed by atoms with Crippen LogP contribution in [0.5, 0.6) is 0 Å². The van der Waals surface area contributed by atoms with Gasteiger partial charge in [0, 0.05) is 19.3 Å². The Kier molecular flexibility index (Phi) is 3.24. The number of hydrogen-bond donors (Lipinski definition) is 1. The molecule has 1 aliphatic heterocycles. The molecule has 1 aliphatic rings. The van der Waals surface area contributed by atoms with Crippen molar-refractivity contribution in [3.63, 3.8) is 0 Å². The van der Waals surface area contributed by atoms with Crippen LogP contribution in [0.15, 0.2) is 12.3 Å². The molecule has 0 saturated carbocycles. The summed E-state index contributed by atoms with van der Waals surface area (Å²) in [5.74, 6) is -0.582. The van der Waals surface area contributed by atoms with Crippen LogP contribution in [0, 0.1) is 5.92 Å². The first-order valence-electron chi connectivity index (χ1n) is 5.13. The van der Waals surface area contributed by atoms with Crippen molar-refractivity contribution in [3.05, 3.63) is 17.4 Å². The van der Waals surface area contributed by atoms with Gasteiger partial charge in [-0.3, -0.25) is 4.79 Å². The zero-order valence-corrected chi connectivity index (χ0v) is 9.39. The fourth-order valence-electron chi connectivity index (χ4n) is 1.84. The number of hydrogen-bond acceptors (Lipinski definition) is 4. The highest BCUT2D eigenvalue weighted by Gasteiger charge is 2.26. The Morgan fingerprint density at radius 3 is 3.12 bits per heavy atom. The Hall–Kier alpha value is -1.36. The summed E-state index contributed by atoms with van der Waals surface area (Å²) in [5.41, 5.74) is 0. The van der Waals surface area contributed by atoms with E-state index in [0.717, 1.165) is 13.0 Å². The monoisotopic (exact) mass is 241 g/mol. The van der Waals surface area contributed by atoms with Crippen molar-refractivity contribution in [3.8, 4) is 0 Å². The molecule has 2 heterocycles. The zero-order chi connectivity index (χ0) is 11.5. The number of anilines is 1. The van der Waals surface area contributed by atoms with E-state index in [2.05, 4.69) is 9.97 Å². The third kappa shape index (κ3) is 2.41. The Bertz CT molecular complexity index is 399. The normalized spacial score (nSPS) is 20.8. The SMILES string of the molecule is O=C(O)[C@@H]1CCCN(c2nccc(Cl)n2)C1. The first kappa shape index (κ1) is 11.1. The standard InChI is InChI=1S/C10H12ClN3O2/c11-8-3-4-12-10(13-8)14-5-1-2-7(6-14)9(15)16/h3-4,7H,1-2,5-6H2,(H,15,16)/t7-/m1/s1. The van der Waals surface area contributed by atoms with Gasteiger partial charge in [0.25, 0.3) is 0 Å². The van der Waals surface area contributed by atoms with E-state index in [1.165, 1.54) is 0 Å². The van der Waals surface area contributed by atoms with Crippen LogP contribution in [-0.2, 0) is 4.79 Å². The van der Waals surface area contributed by atoms with Gasteiger partial charge in [-0.1, -0.05) is 11.6 Å². The van der Waals surface area contributed by atoms with Gasteiger partial charge in [0.15, 0.2) is 0 Å². The molecule has 2 rings (SSSR count). The van der Waals surface area contributed by atoms with E-state index >= 15 is 0 Å². The summed E-state index contributed by atoms with van der Waals surface area (Å²) in [7, 11) is 0. The molecule has 5 nitrogen and oxygen atoms in total. The average molecular weight is 242 g/mol. The van der Waals surface area contributed by atoms with Gasteiger partial charge in [0.05, 0.1) is 5.92 Å². The minimum absolute atomic E-state index is 0.337. The Labute approximate surface area is 98.1 Å². The number of piperidine rings is 1. The highest BCUT2D eigenvalue weighted by molar-refractivity contribution is 6.29. The summed E-state index contributed by atoms with van der Waals surface area (Å²) in [4.78, 5) is 20.9. The van der Waals surface area contributed by atoms with Gasteiger partial charge in [-0.25, -0.2) is 9.97 Å². The van der Waals surface area contributed by atoms with Crippen molar-refractivity contribution < 1.29 is 9.90 Å². The van der Waals surface area contributed by atoms with Crippen molar-refractivity contribution >= 4 is 23.5 Å². The number of aromatic nitrogens is 2. The maximum absolute atomic E-state index is 10.9. The smallest absolute Gasteiger partial charge is 0.308 e. The van der Waals surface area contributed by atoms with Crippen LogP contribution in [0.2, 0.25) is 5.15 Å². The molecule has 1 saturated heterocycles. The van der Waals surface area contributed by atoms with Crippen LogP contribution in [0.1, 0.15) is 12.8 Å². The first-order chi connectivity index (χ1) is 7.66. The number of nitrogens with zero attached hydrogens (tertiary/aromatic N) is 3. The highest BCUT2D eigenvalue weighted by atomic mass is 35.5. The lowest BCUT2D eigenvalue weighted by Gasteiger charge is -2.30. The Morgan fingerprint density at radius 2 is 2.44 bits per heavy atom. The van der Waals surface area contributed by atoms with Crippen LogP contribution in [0.3, 0.4) is 0 Å². The molecule has 1 fully saturated rings. The molecule has 1 aromatic heterocycles. The minimum atomic E-state index is -0.758. The largest absolute Gasteiger partial charge is 0.481 e. The number of carboxylic acid groups (broad SMARTS) is 1. The summed E-state index contributed by atoms with van der Waals surface area (Å²) in [5, 5.41) is 9.34. The Morgan fingerprint density at radius 1 is 1.62 bits per heavy atom. The molecular formula is C10H12ClN3O2. The summed E-state index contributed by atoms with van der Waals surface area (Å²) >= 11 is 5.77. The van der Waals surface area contributed by atoms with E-state index < -0.39 is 5.97 Å². The predicted octanol–water partition coefficient (Wildman–Crippen LogP) is 1.43. The number of carboxylic acids is 1. The van der Waals surface area contributed by atoms with Crippen LogP contribution < -0.4 is 4.90 Å². The molecular weight excluding hydrogens is 230 g/mol. The molecule has 16 heavy (non-hydrogen) atoms. The molecule has 6 heteroatoms. The lowest BCUT2D eigenvalue weighted by atomic mass is 9.99. The second-order valence-electron chi connectivity index (χ2n) is 3.80. The van der Waals surface area contributed by atoms with Gasteiger partial charge < -0.3 is 10.0 Å². The molecule has 0 aliphatic carbocycles. The third-order valence-corrected chi connectivity index (χ3v) is 2.87. The van der Waals surface area contributed by atoms with E-state index in [1.807, 2.05) is 4.90 Å². The van der Waals surface area contributed by atoms with E-state index in [1.54, 1.807) is 12.3 Å². The number of aliphatic carboxylic acids is 1. The number of rotatable bonds is 2. The van der Waals surface area contributed by atoms with E-state index in [-0.39, 0.29) is 5.92 Å². The van der Waals surface area contributed by atoms with Crippen LogP contribution >= 0.6 is 11.6 Å². The van der Waals surface area contributed by atoms with E-state index in [0.29, 0.717) is 24.1 Å². The molecule has 0 spiro atoms. The molecule has 0 bridgehead atoms. The van der Waals surface area contributed by atoms with Gasteiger partial charge in [-0.2, -0.15) is 0 Å². The van der Waals surface area contributed by atoms with Crippen LogP contribution in [0.4, 0.5) is 5.95 Å². The van der Waals surface area contributed by atoms with Crippen molar-refractivity contribution in [2.75, 3.05) is 18.0 Å². The maximum atomic E-state index is 10.9. The third-order valence-electron chi connectivity index (χ3n) is 2.66. The fourth-order valence-corrected chi connectivity index (χ4v) is 1.97. The predicted molar refractivity (Wildman–Crippen MR) is 59.6 cm³/mol. The molecule has 1 atom stereocenters. The van der Waals surface area contributed by atoms with Crippen molar-refractivity contribution in [1.82, 2.24) is 9.97 Å². The average Bonchev–Trinajstić information content (AvgIpc) is 2.29. The first-order valence-corrected chi connectivity index (χ1v) is 5.51. The van der Waals surface area contributed by atoms with Gasteiger partial charge in [0.2, 0.25) is 5.95 Å². The van der Waals surface area contributed by atoms with Crippen molar-refractivity contribution in [2.24, 2.45) is 5.92 Å². The highest BCUT2D eigenvalue weighted by Crippen LogP contribution is 2.21. The van der Waals surface area contributed by atoms with Gasteiger partial charge >= 0.3 is 5.97 Å². The molecule has 1 aromatic rings. The summed E-state index contributed by atoms with van der Waals surface area (Å²) in [6.45, 7) is 1.24. The molecule has 0 radical (unpaired) electrons.